The van der Waals surface area contributed by atoms with Gasteiger partial charge in [-0.25, -0.2) is 15.0 Å². The van der Waals surface area contributed by atoms with Gasteiger partial charge in [0.2, 0.25) is 11.9 Å². The first-order valence-corrected chi connectivity index (χ1v) is 11.7. The normalized spacial score (nSPS) is 15.6. The van der Waals surface area contributed by atoms with E-state index in [-0.39, 0.29) is 6.10 Å². The number of aryl methyl sites for hydroxylation is 2. The van der Waals surface area contributed by atoms with Crippen LogP contribution in [-0.2, 0) is 4.74 Å². The molecule has 1 saturated heterocycles. The number of guanidine groups is 1. The molecule has 1 aromatic heterocycles. The van der Waals surface area contributed by atoms with Crippen molar-refractivity contribution in [1.29, 1.82) is 0 Å². The van der Waals surface area contributed by atoms with Gasteiger partial charge in [0.15, 0.2) is 5.11 Å². The molecule has 0 saturated carbocycles. The molecule has 34 heavy (non-hydrogen) atoms. The molecule has 4 rings (SSSR count). The third-order valence-corrected chi connectivity index (χ3v) is 5.33. The van der Waals surface area contributed by atoms with Gasteiger partial charge in [-0.1, -0.05) is 18.2 Å². The number of aliphatic imine (C=N–C) groups is 1. The minimum atomic E-state index is 0.116. The van der Waals surface area contributed by atoms with Crippen molar-refractivity contribution in [3.8, 4) is 0 Å². The highest BCUT2D eigenvalue weighted by molar-refractivity contribution is 7.80. The molecule has 1 aliphatic rings. The predicted molar refractivity (Wildman–Crippen MR) is 142 cm³/mol. The highest BCUT2D eigenvalue weighted by Gasteiger charge is 2.16. The van der Waals surface area contributed by atoms with Gasteiger partial charge >= 0.3 is 0 Å². The highest BCUT2D eigenvalue weighted by Crippen LogP contribution is 2.18. The first-order valence-electron chi connectivity index (χ1n) is 11.3. The smallest absolute Gasteiger partial charge is 0.229 e. The SMILES string of the molecule is Cc1cc(C)nc(NC(=NCC2CCCO2)NC(=S)Nc2ccc(Nc3ccccc3)cc2)n1. The summed E-state index contributed by atoms with van der Waals surface area (Å²) >= 11 is 5.54. The molecule has 9 heteroatoms. The molecular weight excluding hydrogens is 446 g/mol. The van der Waals surface area contributed by atoms with Crippen LogP contribution in [0.3, 0.4) is 0 Å². The van der Waals surface area contributed by atoms with Crippen molar-refractivity contribution >= 4 is 46.3 Å². The molecule has 1 atom stereocenters. The highest BCUT2D eigenvalue weighted by atomic mass is 32.1. The van der Waals surface area contributed by atoms with Crippen molar-refractivity contribution in [3.05, 3.63) is 72.1 Å². The maximum absolute atomic E-state index is 5.70. The standard InChI is InChI=1S/C25H29N7OS/c1-17-15-18(2)28-24(27-17)31-23(26-16-22-9-6-14-33-22)32-25(34)30-21-12-10-20(11-13-21)29-19-7-4-3-5-8-19/h3-5,7-8,10-13,15,22,29H,6,9,14,16H2,1-2H3,(H3,26,27,28,30,31,32,34). The van der Waals surface area contributed by atoms with E-state index in [9.17, 15) is 0 Å². The van der Waals surface area contributed by atoms with Crippen molar-refractivity contribution < 1.29 is 4.74 Å². The Morgan fingerprint density at radius 2 is 1.65 bits per heavy atom. The first-order chi connectivity index (χ1) is 16.5. The molecule has 176 valence electrons. The summed E-state index contributed by atoms with van der Waals surface area (Å²) in [6.45, 7) is 5.17. The van der Waals surface area contributed by atoms with Crippen molar-refractivity contribution in [2.45, 2.75) is 32.8 Å². The number of aromatic nitrogens is 2. The summed E-state index contributed by atoms with van der Waals surface area (Å²) in [5.41, 5.74) is 4.63. The Kier molecular flexibility index (Phi) is 8.00. The van der Waals surface area contributed by atoms with Crippen LogP contribution in [0.5, 0.6) is 0 Å². The Morgan fingerprint density at radius 3 is 2.32 bits per heavy atom. The Hall–Kier alpha value is -3.56. The molecule has 3 aromatic rings. The van der Waals surface area contributed by atoms with Crippen LogP contribution in [0.15, 0.2) is 65.7 Å². The van der Waals surface area contributed by atoms with E-state index >= 15 is 0 Å². The number of nitrogens with zero attached hydrogens (tertiary/aromatic N) is 3. The number of thiocarbonyl (C=S) groups is 1. The summed E-state index contributed by atoms with van der Waals surface area (Å²) in [4.78, 5) is 13.5. The summed E-state index contributed by atoms with van der Waals surface area (Å²) in [6.07, 6.45) is 2.18. The quantitative estimate of drug-likeness (QED) is 0.230. The largest absolute Gasteiger partial charge is 0.376 e. The van der Waals surface area contributed by atoms with Crippen LogP contribution in [0.4, 0.5) is 23.0 Å². The predicted octanol–water partition coefficient (Wildman–Crippen LogP) is 4.77. The lowest BCUT2D eigenvalue weighted by Crippen LogP contribution is -2.39. The Bertz CT molecular complexity index is 1110. The molecule has 8 nitrogen and oxygen atoms in total. The van der Waals surface area contributed by atoms with Crippen LogP contribution in [0.1, 0.15) is 24.2 Å². The maximum atomic E-state index is 5.70. The Balaban J connectivity index is 1.39. The summed E-state index contributed by atoms with van der Waals surface area (Å²) in [7, 11) is 0. The van der Waals surface area contributed by atoms with Crippen LogP contribution in [0.25, 0.3) is 0 Å². The minimum Gasteiger partial charge on any atom is -0.376 e. The van der Waals surface area contributed by atoms with E-state index in [1.54, 1.807) is 0 Å². The van der Waals surface area contributed by atoms with Crippen molar-refractivity contribution in [1.82, 2.24) is 15.3 Å². The number of anilines is 4. The minimum absolute atomic E-state index is 0.116. The van der Waals surface area contributed by atoms with E-state index in [1.165, 1.54) is 0 Å². The summed E-state index contributed by atoms with van der Waals surface area (Å²) in [5.74, 6) is 0.940. The maximum Gasteiger partial charge on any atom is 0.229 e. The average molecular weight is 476 g/mol. The molecule has 0 aliphatic carbocycles. The van der Waals surface area contributed by atoms with Gasteiger partial charge in [-0.05, 0) is 81.4 Å². The number of hydrogen-bond acceptors (Lipinski definition) is 6. The number of nitrogens with one attached hydrogen (secondary N) is 4. The van der Waals surface area contributed by atoms with Crippen LogP contribution in [-0.4, -0.2) is 40.3 Å². The number of benzene rings is 2. The van der Waals surface area contributed by atoms with E-state index in [0.29, 0.717) is 23.6 Å². The number of rotatable bonds is 6. The zero-order valence-corrected chi connectivity index (χ0v) is 20.2. The van der Waals surface area contributed by atoms with E-state index in [2.05, 4.69) is 36.2 Å². The van der Waals surface area contributed by atoms with Crippen molar-refractivity contribution in [2.75, 3.05) is 29.1 Å². The van der Waals surface area contributed by atoms with Crippen LogP contribution >= 0.6 is 12.2 Å². The van der Waals surface area contributed by atoms with Crippen LogP contribution in [0.2, 0.25) is 0 Å². The Morgan fingerprint density at radius 1 is 0.971 bits per heavy atom. The zero-order valence-electron chi connectivity index (χ0n) is 19.3. The monoisotopic (exact) mass is 475 g/mol. The second-order valence-electron chi connectivity index (χ2n) is 8.07. The molecule has 2 heterocycles. The molecule has 4 N–H and O–H groups in total. The zero-order chi connectivity index (χ0) is 23.8. The van der Waals surface area contributed by atoms with Gasteiger partial charge in [-0.2, -0.15) is 0 Å². The lowest BCUT2D eigenvalue weighted by molar-refractivity contribution is 0.118. The molecule has 2 aromatic carbocycles. The molecule has 0 spiro atoms. The lowest BCUT2D eigenvalue weighted by atomic mass is 10.2. The molecule has 0 bridgehead atoms. The lowest BCUT2D eigenvalue weighted by Gasteiger charge is -2.15. The summed E-state index contributed by atoms with van der Waals surface area (Å²) in [6, 6.07) is 19.9. The molecule has 1 fully saturated rings. The number of ether oxygens (including phenoxy) is 1. The summed E-state index contributed by atoms with van der Waals surface area (Å²) < 4.78 is 5.70. The van der Waals surface area contributed by atoms with Crippen molar-refractivity contribution in [3.63, 3.8) is 0 Å². The van der Waals surface area contributed by atoms with E-state index in [4.69, 9.17) is 17.0 Å². The molecule has 1 unspecified atom stereocenters. The second-order valence-corrected chi connectivity index (χ2v) is 8.48. The fourth-order valence-electron chi connectivity index (χ4n) is 3.57. The Labute approximate surface area is 205 Å². The molecule has 0 radical (unpaired) electrons. The third-order valence-electron chi connectivity index (χ3n) is 5.13. The fourth-order valence-corrected chi connectivity index (χ4v) is 3.79. The number of para-hydroxylation sites is 1. The molecular formula is C25H29N7OS. The van der Waals surface area contributed by atoms with Crippen LogP contribution < -0.4 is 21.3 Å². The van der Waals surface area contributed by atoms with Gasteiger partial charge in [-0.3, -0.25) is 5.32 Å². The topological polar surface area (TPSA) is 95.5 Å². The van der Waals surface area contributed by atoms with Gasteiger partial charge in [0.25, 0.3) is 0 Å². The molecule has 0 amide bonds. The van der Waals surface area contributed by atoms with E-state index in [0.717, 1.165) is 47.9 Å². The second kappa shape index (κ2) is 11.5. The third kappa shape index (κ3) is 7.23. The van der Waals surface area contributed by atoms with Gasteiger partial charge in [0.05, 0.1) is 12.6 Å². The van der Waals surface area contributed by atoms with Gasteiger partial charge in [-0.15, -0.1) is 0 Å². The van der Waals surface area contributed by atoms with E-state index < -0.39 is 0 Å². The fraction of sp³-hybridized carbons (Fsp3) is 0.280. The number of hydrogen-bond donors (Lipinski definition) is 4. The van der Waals surface area contributed by atoms with Crippen LogP contribution in [0, 0.1) is 13.8 Å². The molecule has 1 aliphatic heterocycles. The average Bonchev–Trinajstić information content (AvgIpc) is 3.33. The van der Waals surface area contributed by atoms with E-state index in [1.807, 2.05) is 74.5 Å². The van der Waals surface area contributed by atoms with Gasteiger partial charge in [0.1, 0.15) is 0 Å². The van der Waals surface area contributed by atoms with Crippen molar-refractivity contribution in [2.24, 2.45) is 4.99 Å². The van der Waals surface area contributed by atoms with Gasteiger partial charge in [0, 0.05) is 35.1 Å². The van der Waals surface area contributed by atoms with Gasteiger partial charge < -0.3 is 20.7 Å². The summed E-state index contributed by atoms with van der Waals surface area (Å²) in [5, 5.41) is 13.3. The first kappa shape index (κ1) is 23.6.